The van der Waals surface area contributed by atoms with Crippen molar-refractivity contribution in [2.24, 2.45) is 0 Å². The topological polar surface area (TPSA) is 27.7 Å². The van der Waals surface area contributed by atoms with Gasteiger partial charge in [-0.05, 0) is 11.6 Å². The molecular weight excluding hydrogens is 220 g/mol. The van der Waals surface area contributed by atoms with Crippen molar-refractivity contribution in [2.45, 2.75) is 13.3 Å². The molecule has 0 spiro atoms. The Morgan fingerprint density at radius 1 is 1.00 bits per heavy atom. The largest absolute Gasteiger partial charge is 0.393 e. The van der Waals surface area contributed by atoms with Gasteiger partial charge in [0, 0.05) is 13.7 Å². The molecule has 0 aliphatic carbocycles. The van der Waals surface area contributed by atoms with Crippen LogP contribution in [0.2, 0.25) is 0 Å². The first-order valence-corrected chi connectivity index (χ1v) is 7.17. The number of ether oxygens (including phenoxy) is 1. The molecule has 0 heterocycles. The second-order valence-electron chi connectivity index (χ2n) is 3.48. The van der Waals surface area contributed by atoms with Gasteiger partial charge in [0.1, 0.15) is 0 Å². The van der Waals surface area contributed by atoms with E-state index in [1.165, 1.54) is 5.19 Å². The van der Waals surface area contributed by atoms with E-state index in [1.807, 2.05) is 18.2 Å². The average Bonchev–Trinajstić information content (AvgIpc) is 2.35. The van der Waals surface area contributed by atoms with Crippen molar-refractivity contribution in [3.8, 4) is 0 Å². The summed E-state index contributed by atoms with van der Waals surface area (Å²) >= 11 is 0. The third-order valence-corrected chi connectivity index (χ3v) is 4.11. The molecule has 0 radical (unpaired) electrons. The highest BCUT2D eigenvalue weighted by molar-refractivity contribution is 6.61. The number of methoxy groups -OCH3 is 1. The highest BCUT2D eigenvalue weighted by Gasteiger charge is 2.15. The van der Waals surface area contributed by atoms with Gasteiger partial charge in [0.2, 0.25) is 0 Å². The van der Waals surface area contributed by atoms with Crippen LogP contribution < -0.4 is 5.19 Å². The van der Waals surface area contributed by atoms with Gasteiger partial charge in [0.15, 0.2) is 0 Å². The molecule has 4 heteroatoms. The lowest BCUT2D eigenvalue weighted by atomic mass is 10.4. The van der Waals surface area contributed by atoms with Crippen LogP contribution in [0, 0.1) is 0 Å². The standard InChI is InChI=1S/C12H20O3Si/c1-3-9-14-16(15-11-10-13-2)12-7-5-4-6-8-12/h4-8,16H,3,9-11H2,1-2H3. The van der Waals surface area contributed by atoms with Crippen LogP contribution in [0.25, 0.3) is 0 Å². The zero-order valence-corrected chi connectivity index (χ0v) is 11.2. The summed E-state index contributed by atoms with van der Waals surface area (Å²) in [7, 11) is -0.0454. The van der Waals surface area contributed by atoms with Crippen LogP contribution in [-0.2, 0) is 13.6 Å². The van der Waals surface area contributed by atoms with Crippen LogP contribution in [0.1, 0.15) is 13.3 Å². The van der Waals surface area contributed by atoms with Crippen LogP contribution in [-0.4, -0.2) is 36.2 Å². The molecule has 3 nitrogen and oxygen atoms in total. The van der Waals surface area contributed by atoms with E-state index in [-0.39, 0.29) is 0 Å². The molecule has 0 bridgehead atoms. The smallest absolute Gasteiger partial charge is 0.355 e. The van der Waals surface area contributed by atoms with Gasteiger partial charge in [-0.1, -0.05) is 37.3 Å². The Bertz CT molecular complexity index is 266. The Balaban J connectivity index is 2.49. The molecule has 0 N–H and O–H groups in total. The third kappa shape index (κ3) is 4.89. The van der Waals surface area contributed by atoms with E-state index in [9.17, 15) is 0 Å². The van der Waals surface area contributed by atoms with Crippen molar-refractivity contribution < 1.29 is 13.6 Å². The molecule has 0 aromatic heterocycles. The molecular formula is C12H20O3Si. The summed E-state index contributed by atoms with van der Waals surface area (Å²) in [5, 5.41) is 1.19. The molecule has 1 unspecified atom stereocenters. The minimum atomic E-state index is -1.72. The van der Waals surface area contributed by atoms with Gasteiger partial charge in [0.05, 0.1) is 13.2 Å². The molecule has 90 valence electrons. The van der Waals surface area contributed by atoms with Crippen molar-refractivity contribution in [3.63, 3.8) is 0 Å². The van der Waals surface area contributed by atoms with Gasteiger partial charge < -0.3 is 13.6 Å². The van der Waals surface area contributed by atoms with Gasteiger partial charge in [0.25, 0.3) is 0 Å². The predicted molar refractivity (Wildman–Crippen MR) is 67.3 cm³/mol. The van der Waals surface area contributed by atoms with Crippen LogP contribution in [0.3, 0.4) is 0 Å². The van der Waals surface area contributed by atoms with Gasteiger partial charge in [-0.3, -0.25) is 0 Å². The minimum absolute atomic E-state index is 0.603. The number of rotatable bonds is 8. The van der Waals surface area contributed by atoms with Gasteiger partial charge in [-0.25, -0.2) is 0 Å². The fourth-order valence-electron chi connectivity index (χ4n) is 1.31. The fourth-order valence-corrected chi connectivity index (χ4v) is 3.09. The number of hydrogen-bond acceptors (Lipinski definition) is 3. The summed E-state index contributed by atoms with van der Waals surface area (Å²) in [5.74, 6) is 0. The molecule has 0 fully saturated rings. The molecule has 0 saturated heterocycles. The van der Waals surface area contributed by atoms with E-state index in [0.717, 1.165) is 13.0 Å². The summed E-state index contributed by atoms with van der Waals surface area (Å²) < 4.78 is 16.5. The maximum absolute atomic E-state index is 5.79. The van der Waals surface area contributed by atoms with E-state index in [4.69, 9.17) is 13.6 Å². The van der Waals surface area contributed by atoms with Gasteiger partial charge in [-0.15, -0.1) is 0 Å². The molecule has 1 aromatic rings. The SMILES string of the molecule is CCCO[SiH](OCCOC)c1ccccc1. The molecule has 0 aliphatic heterocycles. The first kappa shape index (κ1) is 13.4. The van der Waals surface area contributed by atoms with Crippen molar-refractivity contribution >= 4 is 14.5 Å². The second-order valence-corrected chi connectivity index (χ2v) is 5.47. The Morgan fingerprint density at radius 3 is 2.31 bits per heavy atom. The summed E-state index contributed by atoms with van der Waals surface area (Å²) in [6, 6.07) is 10.2. The minimum Gasteiger partial charge on any atom is -0.393 e. The van der Waals surface area contributed by atoms with Crippen LogP contribution in [0.15, 0.2) is 30.3 Å². The zero-order chi connectivity index (χ0) is 11.6. The van der Waals surface area contributed by atoms with E-state index in [2.05, 4.69) is 19.1 Å². The lowest BCUT2D eigenvalue weighted by molar-refractivity contribution is 0.125. The third-order valence-electron chi connectivity index (χ3n) is 2.10. The van der Waals surface area contributed by atoms with E-state index < -0.39 is 9.28 Å². The van der Waals surface area contributed by atoms with E-state index in [0.29, 0.717) is 13.2 Å². The normalized spacial score (nSPS) is 12.6. The van der Waals surface area contributed by atoms with Crippen molar-refractivity contribution in [1.82, 2.24) is 0 Å². The molecule has 0 amide bonds. The summed E-state index contributed by atoms with van der Waals surface area (Å²) in [6.45, 7) is 4.09. The van der Waals surface area contributed by atoms with E-state index in [1.54, 1.807) is 7.11 Å². The number of hydrogen-bond donors (Lipinski definition) is 0. The van der Waals surface area contributed by atoms with Gasteiger partial charge >= 0.3 is 9.28 Å². The second kappa shape index (κ2) is 8.47. The molecule has 0 aliphatic rings. The monoisotopic (exact) mass is 240 g/mol. The summed E-state index contributed by atoms with van der Waals surface area (Å²) in [5.41, 5.74) is 0. The van der Waals surface area contributed by atoms with Crippen LogP contribution in [0.4, 0.5) is 0 Å². The quantitative estimate of drug-likeness (QED) is 0.505. The maximum atomic E-state index is 5.79. The Labute approximate surface area is 99.2 Å². The maximum Gasteiger partial charge on any atom is 0.355 e. The van der Waals surface area contributed by atoms with Crippen LogP contribution in [0.5, 0.6) is 0 Å². The molecule has 1 aromatic carbocycles. The highest BCUT2D eigenvalue weighted by Crippen LogP contribution is 1.95. The molecule has 1 rings (SSSR count). The van der Waals surface area contributed by atoms with Crippen molar-refractivity contribution in [1.29, 1.82) is 0 Å². The molecule has 0 saturated carbocycles. The zero-order valence-electron chi connectivity index (χ0n) is 10.0. The first-order valence-electron chi connectivity index (χ1n) is 5.65. The molecule has 16 heavy (non-hydrogen) atoms. The average molecular weight is 240 g/mol. The summed E-state index contributed by atoms with van der Waals surface area (Å²) in [6.07, 6.45) is 1.02. The highest BCUT2D eigenvalue weighted by atomic mass is 28.3. The Kier molecular flexibility index (Phi) is 7.08. The Hall–Kier alpha value is -0.683. The van der Waals surface area contributed by atoms with E-state index >= 15 is 0 Å². The number of benzene rings is 1. The Morgan fingerprint density at radius 2 is 1.69 bits per heavy atom. The lowest BCUT2D eigenvalue weighted by Gasteiger charge is -2.16. The molecule has 1 atom stereocenters. The van der Waals surface area contributed by atoms with Crippen LogP contribution >= 0.6 is 0 Å². The van der Waals surface area contributed by atoms with Crippen molar-refractivity contribution in [3.05, 3.63) is 30.3 Å². The van der Waals surface area contributed by atoms with Gasteiger partial charge in [-0.2, -0.15) is 0 Å². The summed E-state index contributed by atoms with van der Waals surface area (Å²) in [4.78, 5) is 0. The first-order chi connectivity index (χ1) is 7.88. The predicted octanol–water partition coefficient (Wildman–Crippen LogP) is 1.20. The van der Waals surface area contributed by atoms with Crippen molar-refractivity contribution in [2.75, 3.05) is 26.9 Å². The lowest BCUT2D eigenvalue weighted by Crippen LogP contribution is -2.38. The fraction of sp³-hybridized carbons (Fsp3) is 0.500.